The van der Waals surface area contributed by atoms with Crippen molar-refractivity contribution in [3.05, 3.63) is 50.3 Å². The summed E-state index contributed by atoms with van der Waals surface area (Å²) in [5, 5.41) is 0.585. The topological polar surface area (TPSA) is 38.7 Å². The molecule has 5 heteroatoms. The van der Waals surface area contributed by atoms with Crippen LogP contribution in [0, 0.1) is 3.57 Å². The molecular weight excluding hydrogens is 385 g/mol. The van der Waals surface area contributed by atoms with E-state index in [0.717, 1.165) is 20.7 Å². The molecule has 20 heavy (non-hydrogen) atoms. The van der Waals surface area contributed by atoms with Crippen LogP contribution in [-0.2, 0) is 6.42 Å². The van der Waals surface area contributed by atoms with E-state index in [9.17, 15) is 0 Å². The molecule has 0 aliphatic heterocycles. The Labute approximate surface area is 137 Å². The first-order chi connectivity index (χ1) is 9.74. The molecule has 3 rings (SSSR count). The molecule has 2 aromatic heterocycles. The van der Waals surface area contributed by atoms with Crippen molar-refractivity contribution in [1.29, 1.82) is 0 Å². The lowest BCUT2D eigenvalue weighted by atomic mass is 10.0. The molecule has 0 unspecified atom stereocenters. The fourth-order valence-corrected chi connectivity index (χ4v) is 3.59. The van der Waals surface area contributed by atoms with Crippen LogP contribution in [0.25, 0.3) is 0 Å². The first-order valence-corrected chi connectivity index (χ1v) is 8.30. The first-order valence-electron chi connectivity index (χ1n) is 6.85. The molecule has 1 aliphatic rings. The van der Waals surface area contributed by atoms with Crippen molar-refractivity contribution in [3.63, 3.8) is 0 Å². The Balaban J connectivity index is 1.92. The van der Waals surface area contributed by atoms with Gasteiger partial charge in [-0.3, -0.25) is 4.98 Å². The zero-order valence-electron chi connectivity index (χ0n) is 11.0. The molecule has 1 fully saturated rings. The summed E-state index contributed by atoms with van der Waals surface area (Å²) in [5.74, 6) is 1.35. The molecule has 0 spiro atoms. The summed E-state index contributed by atoms with van der Waals surface area (Å²) in [6.45, 7) is 0. The monoisotopic (exact) mass is 399 g/mol. The maximum Gasteiger partial charge on any atom is 0.146 e. The van der Waals surface area contributed by atoms with Gasteiger partial charge in [-0.25, -0.2) is 9.97 Å². The summed E-state index contributed by atoms with van der Waals surface area (Å²) in [4.78, 5) is 13.3. The highest BCUT2D eigenvalue weighted by atomic mass is 127. The minimum atomic E-state index is 0.551. The third-order valence-corrected chi connectivity index (χ3v) is 5.37. The number of nitrogens with zero attached hydrogens (tertiary/aromatic N) is 3. The van der Waals surface area contributed by atoms with Gasteiger partial charge >= 0.3 is 0 Å². The van der Waals surface area contributed by atoms with E-state index in [0.29, 0.717) is 17.5 Å². The van der Waals surface area contributed by atoms with Crippen LogP contribution in [0.15, 0.2) is 24.5 Å². The summed E-state index contributed by atoms with van der Waals surface area (Å²) >= 11 is 8.56. The molecule has 0 aromatic carbocycles. The average molecular weight is 400 g/mol. The highest BCUT2D eigenvalue weighted by Gasteiger charge is 2.23. The van der Waals surface area contributed by atoms with E-state index in [1.54, 1.807) is 6.20 Å². The first kappa shape index (κ1) is 14.2. The Morgan fingerprint density at radius 2 is 2.05 bits per heavy atom. The highest BCUT2D eigenvalue weighted by Crippen LogP contribution is 2.36. The van der Waals surface area contributed by atoms with E-state index in [1.807, 2.05) is 18.3 Å². The van der Waals surface area contributed by atoms with Crippen LogP contribution < -0.4 is 0 Å². The van der Waals surface area contributed by atoms with Crippen molar-refractivity contribution in [2.24, 2.45) is 0 Å². The van der Waals surface area contributed by atoms with Crippen molar-refractivity contribution in [2.45, 2.75) is 38.0 Å². The molecule has 1 aliphatic carbocycles. The minimum absolute atomic E-state index is 0.551. The summed E-state index contributed by atoms with van der Waals surface area (Å²) < 4.78 is 1.02. The van der Waals surface area contributed by atoms with Gasteiger partial charge in [0.05, 0.1) is 9.26 Å². The number of aromatic nitrogens is 3. The second-order valence-electron chi connectivity index (χ2n) is 5.15. The van der Waals surface area contributed by atoms with Crippen LogP contribution in [0.3, 0.4) is 0 Å². The predicted molar refractivity (Wildman–Crippen MR) is 88.0 cm³/mol. The predicted octanol–water partition coefficient (Wildman–Crippen LogP) is 4.38. The smallest absolute Gasteiger partial charge is 0.146 e. The third-order valence-electron chi connectivity index (χ3n) is 3.71. The minimum Gasteiger partial charge on any atom is -0.264 e. The normalized spacial score (nSPS) is 15.7. The Kier molecular flexibility index (Phi) is 4.51. The molecule has 2 aromatic rings. The van der Waals surface area contributed by atoms with Crippen LogP contribution >= 0.6 is 34.2 Å². The van der Waals surface area contributed by atoms with Crippen LogP contribution in [-0.4, -0.2) is 15.0 Å². The Morgan fingerprint density at radius 1 is 1.25 bits per heavy atom. The van der Waals surface area contributed by atoms with E-state index >= 15 is 0 Å². The van der Waals surface area contributed by atoms with Crippen LogP contribution in [0.2, 0.25) is 5.15 Å². The zero-order chi connectivity index (χ0) is 13.9. The Morgan fingerprint density at radius 3 is 2.75 bits per heavy atom. The second-order valence-corrected chi connectivity index (χ2v) is 6.59. The van der Waals surface area contributed by atoms with Gasteiger partial charge in [-0.05, 0) is 47.1 Å². The third kappa shape index (κ3) is 3.11. The van der Waals surface area contributed by atoms with Crippen LogP contribution in [0.5, 0.6) is 0 Å². The largest absolute Gasteiger partial charge is 0.264 e. The van der Waals surface area contributed by atoms with E-state index in [1.165, 1.54) is 25.7 Å². The van der Waals surface area contributed by atoms with Crippen molar-refractivity contribution in [1.82, 2.24) is 15.0 Å². The zero-order valence-corrected chi connectivity index (χ0v) is 13.9. The summed E-state index contributed by atoms with van der Waals surface area (Å²) in [7, 11) is 0. The number of pyridine rings is 1. The maximum absolute atomic E-state index is 6.29. The Hall–Kier alpha value is -0.750. The highest BCUT2D eigenvalue weighted by molar-refractivity contribution is 14.1. The molecule has 1 saturated carbocycles. The molecule has 0 bridgehead atoms. The second kappa shape index (κ2) is 6.35. The Bertz CT molecular complexity index is 598. The SMILES string of the molecule is Clc1nc(Cc2cccnc2)nc(C2CCCC2)c1I. The van der Waals surface area contributed by atoms with Crippen molar-refractivity contribution >= 4 is 34.2 Å². The van der Waals surface area contributed by atoms with Crippen LogP contribution in [0.4, 0.5) is 0 Å². The average Bonchev–Trinajstić information content (AvgIpc) is 2.98. The molecule has 0 saturated heterocycles. The van der Waals surface area contributed by atoms with E-state index in [4.69, 9.17) is 16.6 Å². The van der Waals surface area contributed by atoms with E-state index in [2.05, 4.69) is 32.6 Å². The lowest BCUT2D eigenvalue weighted by molar-refractivity contribution is 0.680. The van der Waals surface area contributed by atoms with Crippen molar-refractivity contribution in [3.8, 4) is 0 Å². The van der Waals surface area contributed by atoms with Gasteiger partial charge in [0.25, 0.3) is 0 Å². The molecule has 2 heterocycles. The number of hydrogen-bond donors (Lipinski definition) is 0. The molecule has 3 nitrogen and oxygen atoms in total. The lowest BCUT2D eigenvalue weighted by Crippen LogP contribution is -2.07. The van der Waals surface area contributed by atoms with Gasteiger partial charge in [0.1, 0.15) is 11.0 Å². The molecule has 0 N–H and O–H groups in total. The van der Waals surface area contributed by atoms with Gasteiger partial charge in [0.2, 0.25) is 0 Å². The quantitative estimate of drug-likeness (QED) is 0.568. The number of hydrogen-bond acceptors (Lipinski definition) is 3. The summed E-state index contributed by atoms with van der Waals surface area (Å²) in [6.07, 6.45) is 9.33. The molecular formula is C15H15ClIN3. The van der Waals surface area contributed by atoms with E-state index in [-0.39, 0.29) is 0 Å². The molecule has 104 valence electrons. The maximum atomic E-state index is 6.29. The van der Waals surface area contributed by atoms with Gasteiger partial charge < -0.3 is 0 Å². The van der Waals surface area contributed by atoms with Crippen LogP contribution in [0.1, 0.15) is 48.7 Å². The van der Waals surface area contributed by atoms with E-state index < -0.39 is 0 Å². The molecule has 0 radical (unpaired) electrons. The van der Waals surface area contributed by atoms with Crippen molar-refractivity contribution in [2.75, 3.05) is 0 Å². The van der Waals surface area contributed by atoms with Gasteiger partial charge in [-0.15, -0.1) is 0 Å². The van der Waals surface area contributed by atoms with Gasteiger partial charge in [-0.2, -0.15) is 0 Å². The number of rotatable bonds is 3. The van der Waals surface area contributed by atoms with Gasteiger partial charge in [-0.1, -0.05) is 30.5 Å². The summed E-state index contributed by atoms with van der Waals surface area (Å²) in [5.41, 5.74) is 2.25. The molecule has 0 atom stereocenters. The van der Waals surface area contributed by atoms with Crippen molar-refractivity contribution < 1.29 is 0 Å². The molecule has 0 amide bonds. The number of halogens is 2. The standard InChI is InChI=1S/C15H15ClIN3/c16-15-13(17)14(11-5-1-2-6-11)19-12(20-15)8-10-4-3-7-18-9-10/h3-4,7,9,11H,1-2,5-6,8H2. The fourth-order valence-electron chi connectivity index (χ4n) is 2.72. The van der Waals surface area contributed by atoms with Gasteiger partial charge in [0.15, 0.2) is 0 Å². The fraction of sp³-hybridized carbons (Fsp3) is 0.400. The van der Waals surface area contributed by atoms with Gasteiger partial charge in [0, 0.05) is 24.7 Å². The summed E-state index contributed by atoms with van der Waals surface area (Å²) in [6, 6.07) is 3.97. The lowest BCUT2D eigenvalue weighted by Gasteiger charge is -2.13.